The molecule has 1 aliphatic heterocycles. The molecule has 0 saturated heterocycles. The van der Waals surface area contributed by atoms with Gasteiger partial charge in [-0.25, -0.2) is 0 Å². The van der Waals surface area contributed by atoms with Crippen molar-refractivity contribution in [1.29, 1.82) is 0 Å². The molecule has 0 fully saturated rings. The molecule has 1 heterocycles. The van der Waals surface area contributed by atoms with Crippen LogP contribution in [-0.2, 0) is 0 Å². The maximum absolute atomic E-state index is 5.92. The number of nitrogens with two attached hydrogens (primary N) is 1. The lowest BCUT2D eigenvalue weighted by atomic mass is 10.1. The number of hydrogen-bond donors (Lipinski definition) is 1. The minimum absolute atomic E-state index is 0.432. The van der Waals surface area contributed by atoms with E-state index in [4.69, 9.17) is 5.73 Å². The molecule has 0 aliphatic carbocycles. The van der Waals surface area contributed by atoms with E-state index in [-0.39, 0.29) is 0 Å². The molecular formula is C11H12N2. The Labute approximate surface area is 77.8 Å². The van der Waals surface area contributed by atoms with Crippen molar-refractivity contribution in [1.82, 2.24) is 0 Å². The van der Waals surface area contributed by atoms with Crippen LogP contribution in [0.4, 0.5) is 5.69 Å². The highest BCUT2D eigenvalue weighted by Crippen LogP contribution is 2.23. The minimum atomic E-state index is -0.432. The zero-order valence-electron chi connectivity index (χ0n) is 7.57. The van der Waals surface area contributed by atoms with Gasteiger partial charge < -0.3 is 5.73 Å². The van der Waals surface area contributed by atoms with Crippen LogP contribution in [0.3, 0.4) is 0 Å². The molecule has 13 heavy (non-hydrogen) atoms. The largest absolute Gasteiger partial charge is 0.318 e. The molecule has 0 spiro atoms. The van der Waals surface area contributed by atoms with Crippen LogP contribution in [0, 0.1) is 0 Å². The number of benzene rings is 1. The predicted octanol–water partition coefficient (Wildman–Crippen LogP) is 2.13. The van der Waals surface area contributed by atoms with Crippen molar-refractivity contribution < 1.29 is 0 Å². The van der Waals surface area contributed by atoms with Gasteiger partial charge in [0.2, 0.25) is 0 Å². The average molecular weight is 172 g/mol. The second-order valence-corrected chi connectivity index (χ2v) is 3.52. The standard InChI is InChI=1S/C11H12N2/c1-11(12)7-6-9-4-2-3-5-10(9)13-8-11/h2-8H,12H2,1H3. The fraction of sp³-hybridized carbons (Fsp3) is 0.182. The molecule has 2 N–H and O–H groups in total. The van der Waals surface area contributed by atoms with Crippen molar-refractivity contribution in [3.63, 3.8) is 0 Å². The highest BCUT2D eigenvalue weighted by molar-refractivity contribution is 5.82. The van der Waals surface area contributed by atoms with Crippen LogP contribution < -0.4 is 5.73 Å². The Kier molecular flexibility index (Phi) is 1.78. The van der Waals surface area contributed by atoms with Crippen molar-refractivity contribution in [3.05, 3.63) is 35.9 Å². The van der Waals surface area contributed by atoms with Crippen LogP contribution >= 0.6 is 0 Å². The summed E-state index contributed by atoms with van der Waals surface area (Å²) in [6.07, 6.45) is 5.75. The molecule has 0 saturated carbocycles. The first kappa shape index (κ1) is 8.20. The van der Waals surface area contributed by atoms with Gasteiger partial charge in [-0.15, -0.1) is 0 Å². The Morgan fingerprint density at radius 1 is 1.31 bits per heavy atom. The van der Waals surface area contributed by atoms with Gasteiger partial charge in [-0.1, -0.05) is 30.4 Å². The lowest BCUT2D eigenvalue weighted by Gasteiger charge is -2.10. The average Bonchev–Trinajstić information content (AvgIpc) is 2.27. The molecule has 1 unspecified atom stereocenters. The number of aliphatic imine (C=N–C) groups is 1. The summed E-state index contributed by atoms with van der Waals surface area (Å²) in [6.45, 7) is 1.93. The number of nitrogens with zero attached hydrogens (tertiary/aromatic N) is 1. The van der Waals surface area contributed by atoms with Crippen LogP contribution in [0.25, 0.3) is 6.08 Å². The highest BCUT2D eigenvalue weighted by Gasteiger charge is 2.13. The summed E-state index contributed by atoms with van der Waals surface area (Å²) < 4.78 is 0. The van der Waals surface area contributed by atoms with E-state index in [9.17, 15) is 0 Å². The van der Waals surface area contributed by atoms with Gasteiger partial charge in [0.15, 0.2) is 0 Å². The Balaban J connectivity index is 2.53. The van der Waals surface area contributed by atoms with E-state index in [0.717, 1.165) is 11.3 Å². The molecule has 2 nitrogen and oxygen atoms in total. The molecule has 1 aromatic carbocycles. The Bertz CT molecular complexity index is 340. The number of hydrogen-bond acceptors (Lipinski definition) is 2. The van der Waals surface area contributed by atoms with Crippen molar-refractivity contribution in [3.8, 4) is 0 Å². The van der Waals surface area contributed by atoms with Crippen molar-refractivity contribution >= 4 is 18.0 Å². The molecule has 1 aliphatic rings. The number of para-hydroxylation sites is 1. The normalized spacial score (nSPS) is 25.4. The molecule has 2 heteroatoms. The van der Waals surface area contributed by atoms with E-state index in [1.165, 1.54) is 0 Å². The second kappa shape index (κ2) is 2.82. The summed E-state index contributed by atoms with van der Waals surface area (Å²) in [4.78, 5) is 4.33. The van der Waals surface area contributed by atoms with Gasteiger partial charge in [-0.05, 0) is 18.6 Å². The third kappa shape index (κ3) is 1.68. The third-order valence-electron chi connectivity index (χ3n) is 2.04. The second-order valence-electron chi connectivity index (χ2n) is 3.52. The van der Waals surface area contributed by atoms with E-state index in [1.54, 1.807) is 6.21 Å². The quantitative estimate of drug-likeness (QED) is 0.639. The summed E-state index contributed by atoms with van der Waals surface area (Å²) in [5.41, 5.74) is 7.59. The molecule has 0 radical (unpaired) electrons. The summed E-state index contributed by atoms with van der Waals surface area (Å²) in [5, 5.41) is 0. The number of rotatable bonds is 0. The molecule has 0 amide bonds. The molecule has 1 atom stereocenters. The fourth-order valence-electron chi connectivity index (χ4n) is 1.27. The van der Waals surface area contributed by atoms with Crippen molar-refractivity contribution in [2.24, 2.45) is 10.7 Å². The van der Waals surface area contributed by atoms with Crippen molar-refractivity contribution in [2.45, 2.75) is 12.5 Å². The smallest absolute Gasteiger partial charge is 0.0698 e. The Morgan fingerprint density at radius 3 is 2.92 bits per heavy atom. The molecule has 66 valence electrons. The maximum Gasteiger partial charge on any atom is 0.0698 e. The first-order valence-corrected chi connectivity index (χ1v) is 4.30. The van der Waals surface area contributed by atoms with Gasteiger partial charge in [0.25, 0.3) is 0 Å². The predicted molar refractivity (Wildman–Crippen MR) is 56.2 cm³/mol. The Morgan fingerprint density at radius 2 is 2.08 bits per heavy atom. The highest BCUT2D eigenvalue weighted by atomic mass is 14.8. The SMILES string of the molecule is CC1(N)C=Cc2ccccc2N=C1. The summed E-state index contributed by atoms with van der Waals surface area (Å²) in [5.74, 6) is 0. The number of fused-ring (bicyclic) bond motifs is 1. The van der Waals surface area contributed by atoms with Crippen LogP contribution in [-0.4, -0.2) is 11.8 Å². The lowest BCUT2D eigenvalue weighted by molar-refractivity contribution is 0.805. The van der Waals surface area contributed by atoms with Gasteiger partial charge >= 0.3 is 0 Å². The first-order valence-electron chi connectivity index (χ1n) is 4.30. The first-order chi connectivity index (χ1) is 6.17. The topological polar surface area (TPSA) is 38.4 Å². The zero-order chi connectivity index (χ0) is 9.31. The van der Waals surface area contributed by atoms with Gasteiger partial charge in [0.1, 0.15) is 0 Å². The molecule has 2 rings (SSSR count). The Hall–Kier alpha value is -1.41. The molecular weight excluding hydrogens is 160 g/mol. The molecule has 1 aromatic rings. The fourth-order valence-corrected chi connectivity index (χ4v) is 1.27. The van der Waals surface area contributed by atoms with E-state index in [2.05, 4.69) is 4.99 Å². The summed E-state index contributed by atoms with van der Waals surface area (Å²) in [7, 11) is 0. The van der Waals surface area contributed by atoms with Crippen LogP contribution in [0.5, 0.6) is 0 Å². The van der Waals surface area contributed by atoms with E-state index in [0.29, 0.717) is 0 Å². The van der Waals surface area contributed by atoms with Gasteiger partial charge in [-0.3, -0.25) is 4.99 Å². The zero-order valence-corrected chi connectivity index (χ0v) is 7.57. The maximum atomic E-state index is 5.92. The van der Waals surface area contributed by atoms with Gasteiger partial charge in [0, 0.05) is 6.21 Å². The van der Waals surface area contributed by atoms with Crippen LogP contribution in [0.15, 0.2) is 35.3 Å². The van der Waals surface area contributed by atoms with E-state index >= 15 is 0 Å². The van der Waals surface area contributed by atoms with Crippen LogP contribution in [0.1, 0.15) is 12.5 Å². The van der Waals surface area contributed by atoms with E-state index < -0.39 is 5.54 Å². The van der Waals surface area contributed by atoms with Crippen molar-refractivity contribution in [2.75, 3.05) is 0 Å². The van der Waals surface area contributed by atoms with Gasteiger partial charge in [0.05, 0.1) is 11.2 Å². The third-order valence-corrected chi connectivity index (χ3v) is 2.04. The molecule has 0 bridgehead atoms. The summed E-state index contributed by atoms with van der Waals surface area (Å²) in [6, 6.07) is 7.99. The minimum Gasteiger partial charge on any atom is -0.318 e. The molecule has 0 aromatic heterocycles. The van der Waals surface area contributed by atoms with Gasteiger partial charge in [-0.2, -0.15) is 0 Å². The summed E-state index contributed by atoms with van der Waals surface area (Å²) >= 11 is 0. The monoisotopic (exact) mass is 172 g/mol. The van der Waals surface area contributed by atoms with Crippen LogP contribution in [0.2, 0.25) is 0 Å². The lowest BCUT2D eigenvalue weighted by Crippen LogP contribution is -2.34. The van der Waals surface area contributed by atoms with E-state index in [1.807, 2.05) is 43.3 Å².